The summed E-state index contributed by atoms with van der Waals surface area (Å²) in [5.41, 5.74) is 4.43. The molecule has 2 rings (SSSR count). The molecule has 0 radical (unpaired) electrons. The maximum absolute atomic E-state index is 2.82. The Kier molecular flexibility index (Phi) is 4.28. The van der Waals surface area contributed by atoms with Gasteiger partial charge in [0.05, 0.1) is 0 Å². The van der Waals surface area contributed by atoms with Crippen molar-refractivity contribution in [1.29, 1.82) is 0 Å². The first-order chi connectivity index (χ1) is 8.49. The highest BCUT2D eigenvalue weighted by Gasteiger charge is 2.30. The lowest BCUT2D eigenvalue weighted by molar-refractivity contribution is 0.342. The van der Waals surface area contributed by atoms with Crippen molar-refractivity contribution in [2.45, 2.75) is 52.2 Å². The van der Waals surface area contributed by atoms with Gasteiger partial charge < -0.3 is 4.57 Å². The second kappa shape index (κ2) is 5.58. The molecular weight excluding hydrogens is 234 g/mol. The lowest BCUT2D eigenvalue weighted by Crippen LogP contribution is -2.52. The van der Waals surface area contributed by atoms with Crippen LogP contribution in [-0.2, 0) is 6.04 Å². The highest BCUT2D eigenvalue weighted by atomic mass is 28.3. The third kappa shape index (κ3) is 3.24. The minimum atomic E-state index is -1.26. The Balaban J connectivity index is 2.10. The molecule has 1 aromatic rings. The number of piperidine rings is 1. The quantitative estimate of drug-likeness (QED) is 0.741. The van der Waals surface area contributed by atoms with Crippen LogP contribution in [0.2, 0.25) is 13.1 Å². The Morgan fingerprint density at radius 3 is 2.33 bits per heavy atom. The van der Waals surface area contributed by atoms with Crippen LogP contribution in [0.4, 0.5) is 0 Å². The summed E-state index contributed by atoms with van der Waals surface area (Å²) in [6, 6.07) is 8.25. The summed E-state index contributed by atoms with van der Waals surface area (Å²) in [6.45, 7) is 12.2. The maximum Gasteiger partial charge on any atom is 0.126 e. The van der Waals surface area contributed by atoms with Crippen LogP contribution >= 0.6 is 0 Å². The first-order valence-corrected chi connectivity index (χ1v) is 10.5. The van der Waals surface area contributed by atoms with E-state index in [0.717, 1.165) is 0 Å². The van der Waals surface area contributed by atoms with Crippen LogP contribution in [0.3, 0.4) is 0 Å². The van der Waals surface area contributed by atoms with Gasteiger partial charge in [-0.25, -0.2) is 0 Å². The van der Waals surface area contributed by atoms with Gasteiger partial charge in [0.2, 0.25) is 0 Å². The molecule has 1 fully saturated rings. The summed E-state index contributed by atoms with van der Waals surface area (Å²) in [6.07, 6.45) is 4.25. The Morgan fingerprint density at radius 1 is 1.06 bits per heavy atom. The average molecular weight is 261 g/mol. The fourth-order valence-corrected chi connectivity index (χ4v) is 6.20. The molecule has 1 nitrogen and oxygen atoms in total. The molecule has 0 aliphatic carbocycles. The van der Waals surface area contributed by atoms with E-state index >= 15 is 0 Å². The number of rotatable bonds is 3. The summed E-state index contributed by atoms with van der Waals surface area (Å²) in [4.78, 5) is 0. The molecule has 0 spiro atoms. The van der Waals surface area contributed by atoms with Crippen LogP contribution in [-0.4, -0.2) is 25.9 Å². The number of hydrogen-bond donors (Lipinski definition) is 0. The molecule has 1 aliphatic rings. The van der Waals surface area contributed by atoms with E-state index in [1.54, 1.807) is 5.56 Å². The fraction of sp³-hybridized carbons (Fsp3) is 0.625. The van der Waals surface area contributed by atoms with E-state index < -0.39 is 8.24 Å². The summed E-state index contributed by atoms with van der Waals surface area (Å²) in [5.74, 6) is 0. The minimum absolute atomic E-state index is 1.26. The normalized spacial score (nSPS) is 18.0. The van der Waals surface area contributed by atoms with E-state index in [0.29, 0.717) is 0 Å². The number of hydrogen-bond acceptors (Lipinski definition) is 1. The van der Waals surface area contributed by atoms with Crippen molar-refractivity contribution in [3.63, 3.8) is 0 Å². The largest absolute Gasteiger partial charge is 0.323 e. The van der Waals surface area contributed by atoms with Crippen LogP contribution in [0.1, 0.15) is 36.0 Å². The molecule has 0 atom stereocenters. The van der Waals surface area contributed by atoms with E-state index in [4.69, 9.17) is 0 Å². The van der Waals surface area contributed by atoms with Crippen molar-refractivity contribution in [2.75, 3.05) is 13.1 Å². The van der Waals surface area contributed by atoms with E-state index in [1.807, 2.05) is 0 Å². The van der Waals surface area contributed by atoms with Gasteiger partial charge in [0.15, 0.2) is 0 Å². The van der Waals surface area contributed by atoms with Crippen LogP contribution < -0.4 is 0 Å². The van der Waals surface area contributed by atoms with Gasteiger partial charge in [0.25, 0.3) is 0 Å². The van der Waals surface area contributed by atoms with Crippen molar-refractivity contribution in [3.8, 4) is 0 Å². The van der Waals surface area contributed by atoms with Crippen molar-refractivity contribution < 1.29 is 0 Å². The van der Waals surface area contributed by atoms with E-state index in [9.17, 15) is 0 Å². The van der Waals surface area contributed by atoms with Gasteiger partial charge in [-0.15, -0.1) is 0 Å². The second-order valence-corrected chi connectivity index (χ2v) is 11.1. The summed E-state index contributed by atoms with van der Waals surface area (Å²) in [7, 11) is -1.26. The SMILES string of the molecule is Cc1ccc(C[Si](C)(C)N2CCCCC2)c(C)c1. The Hall–Kier alpha value is -0.603. The maximum atomic E-state index is 2.82. The molecule has 0 bridgehead atoms. The predicted molar refractivity (Wildman–Crippen MR) is 82.5 cm³/mol. The van der Waals surface area contributed by atoms with Gasteiger partial charge in [0, 0.05) is 0 Å². The molecule has 0 saturated carbocycles. The molecule has 1 aliphatic heterocycles. The second-order valence-electron chi connectivity index (χ2n) is 6.47. The zero-order chi connectivity index (χ0) is 13.2. The molecule has 1 heterocycles. The molecule has 100 valence electrons. The molecule has 18 heavy (non-hydrogen) atoms. The number of benzene rings is 1. The predicted octanol–water partition coefficient (Wildman–Crippen LogP) is 4.08. The van der Waals surface area contributed by atoms with Gasteiger partial charge in [-0.05, 0) is 56.9 Å². The molecule has 0 aromatic heterocycles. The third-order valence-electron chi connectivity index (χ3n) is 4.33. The molecule has 1 saturated heterocycles. The van der Waals surface area contributed by atoms with Gasteiger partial charge >= 0.3 is 0 Å². The van der Waals surface area contributed by atoms with Crippen LogP contribution in [0, 0.1) is 13.8 Å². The molecular formula is C16H27NSi. The smallest absolute Gasteiger partial charge is 0.126 e. The first kappa shape index (κ1) is 13.8. The van der Waals surface area contributed by atoms with E-state index in [1.165, 1.54) is 49.5 Å². The highest BCUT2D eigenvalue weighted by Crippen LogP contribution is 2.23. The summed E-state index contributed by atoms with van der Waals surface area (Å²) < 4.78 is 2.82. The molecule has 0 N–H and O–H groups in total. The molecule has 2 heteroatoms. The van der Waals surface area contributed by atoms with Gasteiger partial charge in [-0.1, -0.05) is 43.3 Å². The van der Waals surface area contributed by atoms with Crippen molar-refractivity contribution in [1.82, 2.24) is 4.57 Å². The fourth-order valence-electron chi connectivity index (χ4n) is 3.12. The first-order valence-electron chi connectivity index (χ1n) is 7.30. The van der Waals surface area contributed by atoms with Gasteiger partial charge in [0.1, 0.15) is 8.24 Å². The van der Waals surface area contributed by atoms with Crippen LogP contribution in [0.15, 0.2) is 18.2 Å². The van der Waals surface area contributed by atoms with Gasteiger partial charge in [-0.3, -0.25) is 0 Å². The van der Waals surface area contributed by atoms with Gasteiger partial charge in [-0.2, -0.15) is 0 Å². The van der Waals surface area contributed by atoms with E-state index in [2.05, 4.69) is 49.7 Å². The minimum Gasteiger partial charge on any atom is -0.323 e. The molecule has 0 unspecified atom stereocenters. The van der Waals surface area contributed by atoms with Crippen molar-refractivity contribution in [3.05, 3.63) is 34.9 Å². The van der Waals surface area contributed by atoms with Crippen LogP contribution in [0.25, 0.3) is 0 Å². The standard InChI is InChI=1S/C16H27NSi/c1-14-8-9-16(15(2)12-14)13-18(3,4)17-10-6-5-7-11-17/h8-9,12H,5-7,10-11,13H2,1-4H3. The van der Waals surface area contributed by atoms with Crippen molar-refractivity contribution >= 4 is 8.24 Å². The van der Waals surface area contributed by atoms with Crippen LogP contribution in [0.5, 0.6) is 0 Å². The number of aryl methyl sites for hydroxylation is 2. The zero-order valence-electron chi connectivity index (χ0n) is 12.4. The highest BCUT2D eigenvalue weighted by molar-refractivity contribution is 6.74. The molecule has 1 aromatic carbocycles. The lowest BCUT2D eigenvalue weighted by atomic mass is 10.1. The van der Waals surface area contributed by atoms with E-state index in [-0.39, 0.29) is 0 Å². The topological polar surface area (TPSA) is 3.24 Å². The lowest BCUT2D eigenvalue weighted by Gasteiger charge is -2.40. The third-order valence-corrected chi connectivity index (χ3v) is 7.74. The Bertz CT molecular complexity index is 406. The Labute approximate surface area is 113 Å². The van der Waals surface area contributed by atoms with Crippen molar-refractivity contribution in [2.24, 2.45) is 0 Å². The molecule has 0 amide bonds. The monoisotopic (exact) mass is 261 g/mol. The number of nitrogens with zero attached hydrogens (tertiary/aromatic N) is 1. The average Bonchev–Trinajstić information content (AvgIpc) is 2.34. The zero-order valence-corrected chi connectivity index (χ0v) is 13.4. The summed E-state index contributed by atoms with van der Waals surface area (Å²) in [5, 5.41) is 0. The summed E-state index contributed by atoms with van der Waals surface area (Å²) >= 11 is 0. The Morgan fingerprint density at radius 2 is 1.72 bits per heavy atom.